The molecule has 0 radical (unpaired) electrons. The Kier molecular flexibility index (Phi) is 3.47. The molecule has 2 aromatic carbocycles. The van der Waals surface area contributed by atoms with Crippen molar-refractivity contribution in [3.05, 3.63) is 76.3 Å². The second kappa shape index (κ2) is 5.58. The molecule has 0 aliphatic heterocycles. The second-order valence-corrected chi connectivity index (χ2v) is 4.64. The van der Waals surface area contributed by atoms with E-state index in [1.54, 1.807) is 6.07 Å². The third-order valence-corrected chi connectivity index (χ3v) is 3.22. The van der Waals surface area contributed by atoms with Crippen molar-refractivity contribution in [2.24, 2.45) is 0 Å². The summed E-state index contributed by atoms with van der Waals surface area (Å²) in [6.07, 6.45) is 0. The van der Waals surface area contributed by atoms with Crippen LogP contribution in [0.25, 0.3) is 10.9 Å². The van der Waals surface area contributed by atoms with Crippen molar-refractivity contribution in [3.63, 3.8) is 0 Å². The molecule has 0 unspecified atom stereocenters. The second-order valence-electron chi connectivity index (χ2n) is 4.64. The van der Waals surface area contributed by atoms with Gasteiger partial charge in [-0.25, -0.2) is 0 Å². The van der Waals surface area contributed by atoms with Crippen LogP contribution in [0.4, 0.5) is 11.5 Å². The number of nitro groups is 1. The van der Waals surface area contributed by atoms with Gasteiger partial charge in [-0.1, -0.05) is 42.5 Å². The number of rotatable bonds is 4. The lowest BCUT2D eigenvalue weighted by Crippen LogP contribution is -2.02. The van der Waals surface area contributed by atoms with E-state index in [4.69, 9.17) is 0 Å². The Bertz CT molecular complexity index is 788. The number of aromatic nitrogens is 1. The molecule has 0 amide bonds. The molecule has 0 spiro atoms. The molecule has 0 saturated heterocycles. The van der Waals surface area contributed by atoms with E-state index in [0.29, 0.717) is 12.1 Å². The molecule has 0 saturated carbocycles. The van der Waals surface area contributed by atoms with Crippen molar-refractivity contribution in [1.82, 2.24) is 4.98 Å². The molecular weight excluding hydrogens is 266 g/mol. The van der Waals surface area contributed by atoms with E-state index in [1.807, 2.05) is 48.5 Å². The molecule has 0 bridgehead atoms. The molecule has 1 N–H and O–H groups in total. The Balaban J connectivity index is 1.98. The highest BCUT2D eigenvalue weighted by atomic mass is 16.6. The van der Waals surface area contributed by atoms with Crippen LogP contribution in [0.5, 0.6) is 0 Å². The Morgan fingerprint density at radius 3 is 2.52 bits per heavy atom. The van der Waals surface area contributed by atoms with Crippen LogP contribution in [0.15, 0.2) is 60.7 Å². The van der Waals surface area contributed by atoms with Crippen molar-refractivity contribution >= 4 is 22.4 Å². The third kappa shape index (κ3) is 2.81. The molecule has 104 valence electrons. The SMILES string of the molecule is O=[N+]([O-])c1cc(NCc2ccccc2)c2ccccc2n1. The summed E-state index contributed by atoms with van der Waals surface area (Å²) in [4.78, 5) is 14.6. The molecule has 5 heteroatoms. The number of benzene rings is 2. The van der Waals surface area contributed by atoms with Crippen molar-refractivity contribution in [2.75, 3.05) is 5.32 Å². The largest absolute Gasteiger partial charge is 0.380 e. The molecule has 0 fully saturated rings. The Morgan fingerprint density at radius 2 is 1.76 bits per heavy atom. The van der Waals surface area contributed by atoms with Crippen LogP contribution in [0.3, 0.4) is 0 Å². The molecule has 21 heavy (non-hydrogen) atoms. The summed E-state index contributed by atoms with van der Waals surface area (Å²) in [5.74, 6) is -0.149. The van der Waals surface area contributed by atoms with Crippen LogP contribution in [0, 0.1) is 10.1 Å². The van der Waals surface area contributed by atoms with Crippen LogP contribution in [-0.2, 0) is 6.54 Å². The summed E-state index contributed by atoms with van der Waals surface area (Å²) in [6, 6.07) is 18.8. The van der Waals surface area contributed by atoms with Gasteiger partial charge in [0.2, 0.25) is 0 Å². The molecule has 3 rings (SSSR count). The first-order valence-electron chi connectivity index (χ1n) is 6.56. The van der Waals surface area contributed by atoms with Crippen LogP contribution in [0.1, 0.15) is 5.56 Å². The molecule has 5 nitrogen and oxygen atoms in total. The van der Waals surface area contributed by atoms with Gasteiger partial charge in [0.25, 0.3) is 0 Å². The zero-order valence-electron chi connectivity index (χ0n) is 11.2. The van der Waals surface area contributed by atoms with Gasteiger partial charge in [-0.3, -0.25) is 0 Å². The highest BCUT2D eigenvalue weighted by molar-refractivity contribution is 5.92. The summed E-state index contributed by atoms with van der Waals surface area (Å²) in [5, 5.41) is 15.1. The van der Waals surface area contributed by atoms with Gasteiger partial charge in [-0.05, 0) is 27.6 Å². The van der Waals surface area contributed by atoms with Gasteiger partial charge in [0.15, 0.2) is 5.52 Å². The van der Waals surface area contributed by atoms with E-state index in [1.165, 1.54) is 6.07 Å². The summed E-state index contributed by atoms with van der Waals surface area (Å²) >= 11 is 0. The fourth-order valence-electron chi connectivity index (χ4n) is 2.19. The van der Waals surface area contributed by atoms with E-state index in [9.17, 15) is 10.1 Å². The summed E-state index contributed by atoms with van der Waals surface area (Å²) < 4.78 is 0. The predicted octanol–water partition coefficient (Wildman–Crippen LogP) is 3.76. The van der Waals surface area contributed by atoms with Gasteiger partial charge < -0.3 is 15.4 Å². The van der Waals surface area contributed by atoms with Gasteiger partial charge >= 0.3 is 5.82 Å². The minimum Gasteiger partial charge on any atom is -0.380 e. The zero-order chi connectivity index (χ0) is 14.7. The van der Waals surface area contributed by atoms with E-state index < -0.39 is 4.92 Å². The number of para-hydroxylation sites is 1. The van der Waals surface area contributed by atoms with Crippen LogP contribution in [0.2, 0.25) is 0 Å². The summed E-state index contributed by atoms with van der Waals surface area (Å²) in [6.45, 7) is 0.603. The van der Waals surface area contributed by atoms with E-state index in [2.05, 4.69) is 10.3 Å². The number of pyridine rings is 1. The minimum atomic E-state index is -0.472. The maximum atomic E-state index is 11.0. The molecule has 0 atom stereocenters. The predicted molar refractivity (Wildman–Crippen MR) is 82.2 cm³/mol. The minimum absolute atomic E-state index is 0.149. The number of hydrogen-bond donors (Lipinski definition) is 1. The molecule has 0 aliphatic carbocycles. The fraction of sp³-hybridized carbons (Fsp3) is 0.0625. The lowest BCUT2D eigenvalue weighted by Gasteiger charge is -2.08. The number of hydrogen-bond acceptors (Lipinski definition) is 4. The third-order valence-electron chi connectivity index (χ3n) is 3.22. The summed E-state index contributed by atoms with van der Waals surface area (Å²) in [5.41, 5.74) is 2.44. The number of nitrogens with zero attached hydrogens (tertiary/aromatic N) is 2. The monoisotopic (exact) mass is 279 g/mol. The maximum absolute atomic E-state index is 11.0. The topological polar surface area (TPSA) is 68.1 Å². The quantitative estimate of drug-likeness (QED) is 0.583. The van der Waals surface area contributed by atoms with Gasteiger partial charge in [-0.15, -0.1) is 0 Å². The fourth-order valence-corrected chi connectivity index (χ4v) is 2.19. The van der Waals surface area contributed by atoms with Crippen molar-refractivity contribution < 1.29 is 4.92 Å². The van der Waals surface area contributed by atoms with Crippen molar-refractivity contribution in [1.29, 1.82) is 0 Å². The zero-order valence-corrected chi connectivity index (χ0v) is 11.2. The first-order chi connectivity index (χ1) is 10.2. The average Bonchev–Trinajstić information content (AvgIpc) is 2.53. The average molecular weight is 279 g/mol. The molecular formula is C16H13N3O2. The van der Waals surface area contributed by atoms with E-state index >= 15 is 0 Å². The van der Waals surface area contributed by atoms with Crippen molar-refractivity contribution in [3.8, 4) is 0 Å². The van der Waals surface area contributed by atoms with Gasteiger partial charge in [0.05, 0.1) is 11.8 Å². The van der Waals surface area contributed by atoms with Crippen LogP contribution < -0.4 is 5.32 Å². The van der Waals surface area contributed by atoms with Crippen LogP contribution >= 0.6 is 0 Å². The first kappa shape index (κ1) is 13.1. The summed E-state index contributed by atoms with van der Waals surface area (Å²) in [7, 11) is 0. The van der Waals surface area contributed by atoms with Crippen LogP contribution in [-0.4, -0.2) is 9.91 Å². The maximum Gasteiger partial charge on any atom is 0.366 e. The van der Waals surface area contributed by atoms with Gasteiger partial charge in [0, 0.05) is 11.9 Å². The van der Waals surface area contributed by atoms with Gasteiger partial charge in [-0.2, -0.15) is 0 Å². The Labute approximate surface area is 121 Å². The lowest BCUT2D eigenvalue weighted by molar-refractivity contribution is -0.389. The molecule has 0 aliphatic rings. The number of fused-ring (bicyclic) bond motifs is 1. The highest BCUT2D eigenvalue weighted by Crippen LogP contribution is 2.26. The highest BCUT2D eigenvalue weighted by Gasteiger charge is 2.14. The lowest BCUT2D eigenvalue weighted by atomic mass is 10.1. The number of anilines is 1. The Hall–Kier alpha value is -2.95. The smallest absolute Gasteiger partial charge is 0.366 e. The Morgan fingerprint density at radius 1 is 1.05 bits per heavy atom. The molecule has 1 heterocycles. The van der Waals surface area contributed by atoms with E-state index in [-0.39, 0.29) is 5.82 Å². The van der Waals surface area contributed by atoms with E-state index in [0.717, 1.165) is 16.6 Å². The normalized spacial score (nSPS) is 10.5. The first-order valence-corrected chi connectivity index (χ1v) is 6.56. The van der Waals surface area contributed by atoms with Crippen molar-refractivity contribution in [2.45, 2.75) is 6.54 Å². The van der Waals surface area contributed by atoms with Gasteiger partial charge in [0.1, 0.15) is 0 Å². The number of nitrogens with one attached hydrogen (secondary N) is 1. The molecule has 1 aromatic heterocycles. The standard InChI is InChI=1S/C16H13N3O2/c20-19(21)16-10-15(13-8-4-5-9-14(13)18-16)17-11-12-6-2-1-3-7-12/h1-10H,11H2,(H,17,18). The molecule has 3 aromatic rings.